The Labute approximate surface area is 165 Å². The smallest absolute Gasteiger partial charge is 0.416 e. The quantitative estimate of drug-likeness (QED) is 0.548. The van der Waals surface area contributed by atoms with Gasteiger partial charge in [0.05, 0.1) is 11.1 Å². The molecule has 0 radical (unpaired) electrons. The maximum atomic E-state index is 13.2. The Morgan fingerprint density at radius 3 is 2.68 bits per heavy atom. The second-order valence-electron chi connectivity index (χ2n) is 6.63. The highest BCUT2D eigenvalue weighted by molar-refractivity contribution is 8.00. The third-order valence-corrected chi connectivity index (χ3v) is 5.70. The average molecular weight is 410 g/mol. The van der Waals surface area contributed by atoms with E-state index in [2.05, 4.69) is 10.0 Å². The Morgan fingerprint density at radius 2 is 2.07 bits per heavy atom. The van der Waals surface area contributed by atoms with Crippen molar-refractivity contribution in [3.63, 3.8) is 0 Å². The lowest BCUT2D eigenvalue weighted by Gasteiger charge is -2.19. The number of aromatic carboxylic acids is 1. The molecule has 2 aromatic carbocycles. The Kier molecular flexibility index (Phi) is 6.20. The van der Waals surface area contributed by atoms with E-state index in [1.165, 1.54) is 12.1 Å². The molecule has 3 rings (SSSR count). The molecule has 1 aliphatic heterocycles. The van der Waals surface area contributed by atoms with Crippen LogP contribution in [0.4, 0.5) is 18.9 Å². The summed E-state index contributed by atoms with van der Waals surface area (Å²) in [6.45, 7) is 2.77. The first-order valence-corrected chi connectivity index (χ1v) is 9.85. The Hall–Kier alpha value is -2.19. The van der Waals surface area contributed by atoms with Crippen LogP contribution in [0, 0.1) is 0 Å². The SMILES string of the molecule is CCc1ccc(C(=O)O)cc1SNc1cc(C(F)(F)F)ccc1C1CCCN1. The molecule has 1 aliphatic rings. The summed E-state index contributed by atoms with van der Waals surface area (Å²) >= 11 is 1.14. The van der Waals surface area contributed by atoms with Crippen LogP contribution in [0.3, 0.4) is 0 Å². The van der Waals surface area contributed by atoms with Crippen LogP contribution >= 0.6 is 11.9 Å². The second-order valence-corrected chi connectivity index (χ2v) is 7.48. The van der Waals surface area contributed by atoms with E-state index in [4.69, 9.17) is 0 Å². The van der Waals surface area contributed by atoms with Gasteiger partial charge in [0.25, 0.3) is 0 Å². The van der Waals surface area contributed by atoms with Gasteiger partial charge in [-0.15, -0.1) is 0 Å². The normalized spacial score (nSPS) is 16.9. The van der Waals surface area contributed by atoms with Crippen LogP contribution in [-0.2, 0) is 12.6 Å². The second kappa shape index (κ2) is 8.45. The number of nitrogens with one attached hydrogen (secondary N) is 2. The predicted molar refractivity (Wildman–Crippen MR) is 104 cm³/mol. The minimum absolute atomic E-state index is 0.00128. The first-order chi connectivity index (χ1) is 13.3. The zero-order chi connectivity index (χ0) is 20.3. The van der Waals surface area contributed by atoms with E-state index in [1.54, 1.807) is 12.1 Å². The van der Waals surface area contributed by atoms with Gasteiger partial charge in [-0.25, -0.2) is 4.79 Å². The summed E-state index contributed by atoms with van der Waals surface area (Å²) in [4.78, 5) is 11.9. The maximum Gasteiger partial charge on any atom is 0.416 e. The summed E-state index contributed by atoms with van der Waals surface area (Å²) in [6.07, 6.45) is -1.91. The standard InChI is InChI=1S/C20H21F3N2O2S/c1-2-12-5-6-13(19(26)27)10-18(12)28-25-17-11-14(20(21,22)23)7-8-15(17)16-4-3-9-24-16/h5-8,10-11,16,24-25H,2-4,9H2,1H3,(H,26,27). The average Bonchev–Trinajstić information content (AvgIpc) is 3.19. The molecule has 2 aromatic rings. The lowest BCUT2D eigenvalue weighted by atomic mass is 10.0. The number of carboxylic acid groups (broad SMARTS) is 1. The van der Waals surface area contributed by atoms with Crippen LogP contribution in [0.15, 0.2) is 41.3 Å². The summed E-state index contributed by atoms with van der Waals surface area (Å²) in [7, 11) is 0. The molecule has 28 heavy (non-hydrogen) atoms. The molecular weight excluding hydrogens is 389 g/mol. The van der Waals surface area contributed by atoms with Crippen LogP contribution in [0.25, 0.3) is 0 Å². The minimum Gasteiger partial charge on any atom is -0.478 e. The van der Waals surface area contributed by atoms with Crippen LogP contribution in [0.1, 0.15) is 52.9 Å². The lowest BCUT2D eigenvalue weighted by molar-refractivity contribution is -0.137. The topological polar surface area (TPSA) is 61.4 Å². The number of aryl methyl sites for hydroxylation is 1. The molecule has 150 valence electrons. The van der Waals surface area contributed by atoms with E-state index >= 15 is 0 Å². The molecule has 0 aromatic heterocycles. The summed E-state index contributed by atoms with van der Waals surface area (Å²) < 4.78 is 42.6. The Balaban J connectivity index is 1.92. The zero-order valence-corrected chi connectivity index (χ0v) is 16.1. The van der Waals surface area contributed by atoms with Crippen molar-refractivity contribution >= 4 is 23.6 Å². The highest BCUT2D eigenvalue weighted by Gasteiger charge is 2.32. The van der Waals surface area contributed by atoms with Crippen molar-refractivity contribution in [1.29, 1.82) is 0 Å². The molecule has 1 fully saturated rings. The molecule has 1 atom stereocenters. The van der Waals surface area contributed by atoms with Gasteiger partial charge in [-0.2, -0.15) is 13.2 Å². The van der Waals surface area contributed by atoms with Crippen molar-refractivity contribution in [3.05, 3.63) is 58.7 Å². The molecule has 0 aliphatic carbocycles. The van der Waals surface area contributed by atoms with Gasteiger partial charge in [-0.1, -0.05) is 19.1 Å². The van der Waals surface area contributed by atoms with E-state index in [0.29, 0.717) is 17.0 Å². The van der Waals surface area contributed by atoms with Crippen molar-refractivity contribution in [2.24, 2.45) is 0 Å². The maximum absolute atomic E-state index is 13.2. The van der Waals surface area contributed by atoms with Gasteiger partial charge in [0.1, 0.15) is 0 Å². The van der Waals surface area contributed by atoms with Crippen LogP contribution < -0.4 is 10.0 Å². The molecule has 3 N–H and O–H groups in total. The number of carbonyl (C=O) groups is 1. The van der Waals surface area contributed by atoms with E-state index in [1.807, 2.05) is 6.92 Å². The molecule has 4 nitrogen and oxygen atoms in total. The highest BCUT2D eigenvalue weighted by Crippen LogP contribution is 2.38. The Morgan fingerprint density at radius 1 is 1.29 bits per heavy atom. The molecule has 0 amide bonds. The van der Waals surface area contributed by atoms with E-state index in [9.17, 15) is 23.1 Å². The number of anilines is 1. The first-order valence-electron chi connectivity index (χ1n) is 9.03. The van der Waals surface area contributed by atoms with Crippen molar-refractivity contribution in [3.8, 4) is 0 Å². The van der Waals surface area contributed by atoms with Gasteiger partial charge in [-0.05, 0) is 73.1 Å². The molecule has 8 heteroatoms. The highest BCUT2D eigenvalue weighted by atomic mass is 32.2. The fourth-order valence-electron chi connectivity index (χ4n) is 3.26. The van der Waals surface area contributed by atoms with Gasteiger partial charge in [0.15, 0.2) is 0 Å². The lowest BCUT2D eigenvalue weighted by Crippen LogP contribution is -2.15. The third-order valence-electron chi connectivity index (χ3n) is 4.78. The zero-order valence-electron chi connectivity index (χ0n) is 15.3. The van der Waals surface area contributed by atoms with Crippen molar-refractivity contribution in [1.82, 2.24) is 5.32 Å². The molecule has 1 unspecified atom stereocenters. The molecule has 0 saturated carbocycles. The summed E-state index contributed by atoms with van der Waals surface area (Å²) in [5.41, 5.74) is 1.53. The first kappa shape index (κ1) is 20.5. The molecule has 0 spiro atoms. The summed E-state index contributed by atoms with van der Waals surface area (Å²) in [5.74, 6) is -1.04. The molecular formula is C20H21F3N2O2S. The van der Waals surface area contributed by atoms with Crippen molar-refractivity contribution < 1.29 is 23.1 Å². The summed E-state index contributed by atoms with van der Waals surface area (Å²) in [5, 5.41) is 12.5. The third kappa shape index (κ3) is 4.62. The van der Waals surface area contributed by atoms with E-state index in [-0.39, 0.29) is 11.6 Å². The summed E-state index contributed by atoms with van der Waals surface area (Å²) in [6, 6.07) is 8.55. The van der Waals surface area contributed by atoms with Crippen LogP contribution in [0.2, 0.25) is 0 Å². The number of benzene rings is 2. The van der Waals surface area contributed by atoms with E-state index < -0.39 is 17.7 Å². The number of halogens is 3. The number of carboxylic acids is 1. The van der Waals surface area contributed by atoms with Crippen LogP contribution in [-0.4, -0.2) is 17.6 Å². The van der Waals surface area contributed by atoms with E-state index in [0.717, 1.165) is 54.6 Å². The number of hydrogen-bond donors (Lipinski definition) is 3. The number of alkyl halides is 3. The monoisotopic (exact) mass is 410 g/mol. The fourth-order valence-corrected chi connectivity index (χ4v) is 4.19. The predicted octanol–water partition coefficient (Wildman–Crippen LogP) is 5.51. The molecule has 1 saturated heterocycles. The van der Waals surface area contributed by atoms with Gasteiger partial charge in [0, 0.05) is 16.6 Å². The minimum atomic E-state index is -4.43. The largest absolute Gasteiger partial charge is 0.478 e. The van der Waals surface area contributed by atoms with Gasteiger partial charge >= 0.3 is 12.1 Å². The number of rotatable bonds is 6. The van der Waals surface area contributed by atoms with Crippen molar-refractivity contribution in [2.45, 2.75) is 43.3 Å². The fraction of sp³-hybridized carbons (Fsp3) is 0.350. The van der Waals surface area contributed by atoms with Gasteiger partial charge in [0.2, 0.25) is 0 Å². The Bertz CT molecular complexity index is 865. The van der Waals surface area contributed by atoms with Crippen LogP contribution in [0.5, 0.6) is 0 Å². The van der Waals surface area contributed by atoms with Gasteiger partial charge < -0.3 is 15.1 Å². The number of hydrogen-bond acceptors (Lipinski definition) is 4. The van der Waals surface area contributed by atoms with Crippen molar-refractivity contribution in [2.75, 3.05) is 11.3 Å². The van der Waals surface area contributed by atoms with Gasteiger partial charge in [-0.3, -0.25) is 0 Å². The molecule has 1 heterocycles. The molecule has 0 bridgehead atoms.